The van der Waals surface area contributed by atoms with E-state index in [1.165, 1.54) is 39.1 Å². The van der Waals surface area contributed by atoms with E-state index in [9.17, 15) is 14.4 Å². The van der Waals surface area contributed by atoms with Gasteiger partial charge in [0.25, 0.3) is 5.56 Å². The molecule has 0 atom stereocenters. The maximum atomic E-state index is 13.6. The van der Waals surface area contributed by atoms with Crippen molar-refractivity contribution in [1.82, 2.24) is 19.8 Å². The molecule has 0 radical (unpaired) electrons. The minimum atomic E-state index is -0.325. The number of carbonyl (C=O) groups excluding carboxylic acids is 2. The van der Waals surface area contributed by atoms with Crippen LogP contribution in [0, 0.1) is 0 Å². The van der Waals surface area contributed by atoms with Gasteiger partial charge < -0.3 is 5.32 Å². The van der Waals surface area contributed by atoms with Gasteiger partial charge in [0, 0.05) is 23.7 Å². The molecule has 3 heterocycles. The van der Waals surface area contributed by atoms with Crippen LogP contribution in [0.25, 0.3) is 10.2 Å². The molecule has 2 aliphatic rings. The molecule has 33 heavy (non-hydrogen) atoms. The Morgan fingerprint density at radius 3 is 2.67 bits per heavy atom. The number of thiophene rings is 1. The summed E-state index contributed by atoms with van der Waals surface area (Å²) in [4.78, 5) is 45.5. The van der Waals surface area contributed by atoms with Crippen LogP contribution in [0.15, 0.2) is 40.3 Å². The number of imide groups is 1. The van der Waals surface area contributed by atoms with Crippen molar-refractivity contribution in [1.29, 1.82) is 0 Å². The van der Waals surface area contributed by atoms with Crippen LogP contribution in [0.5, 0.6) is 0 Å². The third-order valence-electron chi connectivity index (χ3n) is 6.20. The van der Waals surface area contributed by atoms with Gasteiger partial charge in [-0.05, 0) is 49.7 Å². The van der Waals surface area contributed by atoms with Gasteiger partial charge in [0.15, 0.2) is 5.16 Å². The van der Waals surface area contributed by atoms with E-state index in [-0.39, 0.29) is 24.0 Å². The summed E-state index contributed by atoms with van der Waals surface area (Å²) in [5.74, 6) is 0.485. The molecule has 5 rings (SSSR count). The lowest BCUT2D eigenvalue weighted by Gasteiger charge is -2.15. The number of carbonyl (C=O) groups is 2. The van der Waals surface area contributed by atoms with Gasteiger partial charge in [0.2, 0.25) is 5.91 Å². The number of fused-ring (bicyclic) bond motifs is 3. The summed E-state index contributed by atoms with van der Waals surface area (Å²) in [6.07, 6.45) is 5.71. The number of urea groups is 1. The molecule has 0 spiro atoms. The zero-order valence-electron chi connectivity index (χ0n) is 18.3. The van der Waals surface area contributed by atoms with Crippen molar-refractivity contribution in [2.75, 3.05) is 18.8 Å². The highest BCUT2D eigenvalue weighted by Crippen LogP contribution is 2.34. The van der Waals surface area contributed by atoms with Gasteiger partial charge >= 0.3 is 6.03 Å². The second-order valence-electron chi connectivity index (χ2n) is 8.38. The monoisotopic (exact) mass is 482 g/mol. The van der Waals surface area contributed by atoms with Gasteiger partial charge in [-0.2, -0.15) is 0 Å². The van der Waals surface area contributed by atoms with Crippen molar-refractivity contribution < 1.29 is 9.59 Å². The average Bonchev–Trinajstić information content (AvgIpc) is 3.36. The zero-order valence-corrected chi connectivity index (χ0v) is 20.0. The maximum absolute atomic E-state index is 13.6. The Kier molecular flexibility index (Phi) is 6.50. The number of nitrogens with zero attached hydrogens (tertiary/aromatic N) is 3. The molecule has 3 aromatic rings. The third-order valence-corrected chi connectivity index (χ3v) is 8.45. The second kappa shape index (κ2) is 9.69. The number of aryl methyl sites for hydroxylation is 3. The number of hydrogen-bond acceptors (Lipinski definition) is 6. The van der Waals surface area contributed by atoms with Crippen LogP contribution in [0.2, 0.25) is 0 Å². The van der Waals surface area contributed by atoms with Gasteiger partial charge in [0.1, 0.15) is 4.83 Å². The molecule has 172 valence electrons. The Morgan fingerprint density at radius 1 is 1.06 bits per heavy atom. The lowest BCUT2D eigenvalue weighted by Crippen LogP contribution is -2.32. The quantitative estimate of drug-likeness (QED) is 0.229. The van der Waals surface area contributed by atoms with Crippen LogP contribution in [-0.2, 0) is 30.6 Å². The van der Waals surface area contributed by atoms with Crippen LogP contribution >= 0.6 is 23.1 Å². The highest BCUT2D eigenvalue weighted by molar-refractivity contribution is 7.99. The average molecular weight is 483 g/mol. The van der Waals surface area contributed by atoms with E-state index in [4.69, 9.17) is 4.98 Å². The van der Waals surface area contributed by atoms with Crippen molar-refractivity contribution in [3.63, 3.8) is 0 Å². The lowest BCUT2D eigenvalue weighted by atomic mass is 9.97. The maximum Gasteiger partial charge on any atom is 0.324 e. The van der Waals surface area contributed by atoms with Crippen molar-refractivity contribution in [2.45, 2.75) is 50.2 Å². The summed E-state index contributed by atoms with van der Waals surface area (Å²) in [5.41, 5.74) is 2.46. The molecule has 1 fully saturated rings. The Morgan fingerprint density at radius 2 is 1.88 bits per heavy atom. The molecule has 0 bridgehead atoms. The summed E-state index contributed by atoms with van der Waals surface area (Å²) in [6.45, 7) is 1.03. The Labute approximate surface area is 200 Å². The van der Waals surface area contributed by atoms with E-state index in [2.05, 4.69) is 17.4 Å². The molecule has 9 heteroatoms. The smallest absolute Gasteiger partial charge is 0.324 e. The summed E-state index contributed by atoms with van der Waals surface area (Å²) >= 11 is 3.20. The van der Waals surface area contributed by atoms with E-state index in [0.29, 0.717) is 25.3 Å². The molecule has 7 nitrogen and oxygen atoms in total. The fourth-order valence-electron chi connectivity index (χ4n) is 4.48. The van der Waals surface area contributed by atoms with Gasteiger partial charge in [-0.1, -0.05) is 42.1 Å². The summed E-state index contributed by atoms with van der Waals surface area (Å²) in [5, 5.41) is 4.08. The number of thioether (sulfide) groups is 1. The highest BCUT2D eigenvalue weighted by Gasteiger charge is 2.27. The standard InChI is InChI=1S/C24H26N4O3S2/c29-19-15-25-23(31)27(19)12-6-14-32-24-26-21-20(17-9-4-5-10-18(17)33-21)22(30)28(24)13-11-16-7-2-1-3-8-16/h1-3,7-8H,4-6,9-15H2,(H,25,31). The third kappa shape index (κ3) is 4.56. The molecule has 0 unspecified atom stereocenters. The van der Waals surface area contributed by atoms with E-state index in [0.717, 1.165) is 41.1 Å². The Balaban J connectivity index is 1.39. The zero-order chi connectivity index (χ0) is 22.8. The van der Waals surface area contributed by atoms with Gasteiger partial charge in [-0.25, -0.2) is 9.78 Å². The molecule has 1 aliphatic carbocycles. The molecule has 1 aliphatic heterocycles. The van der Waals surface area contributed by atoms with Gasteiger partial charge in [-0.15, -0.1) is 11.3 Å². The first-order valence-electron chi connectivity index (χ1n) is 11.4. The largest absolute Gasteiger partial charge is 0.329 e. The lowest BCUT2D eigenvalue weighted by molar-refractivity contribution is -0.124. The fraction of sp³-hybridized carbons (Fsp3) is 0.417. The first-order chi connectivity index (χ1) is 16.1. The number of amides is 3. The van der Waals surface area contributed by atoms with E-state index in [1.54, 1.807) is 11.3 Å². The molecular formula is C24H26N4O3S2. The van der Waals surface area contributed by atoms with E-state index >= 15 is 0 Å². The predicted octanol–water partition coefficient (Wildman–Crippen LogP) is 3.61. The number of benzene rings is 1. The predicted molar refractivity (Wildman–Crippen MR) is 131 cm³/mol. The van der Waals surface area contributed by atoms with Crippen LogP contribution in [0.4, 0.5) is 4.79 Å². The topological polar surface area (TPSA) is 84.3 Å². The molecule has 1 saturated heterocycles. The minimum Gasteiger partial charge on any atom is -0.329 e. The van der Waals surface area contributed by atoms with Crippen molar-refractivity contribution >= 4 is 45.3 Å². The molecule has 1 aromatic carbocycles. The molecule has 1 N–H and O–H groups in total. The summed E-state index contributed by atoms with van der Waals surface area (Å²) in [6, 6.07) is 9.85. The molecular weight excluding hydrogens is 456 g/mol. The van der Waals surface area contributed by atoms with E-state index in [1.807, 2.05) is 22.8 Å². The normalized spacial score (nSPS) is 15.8. The molecule has 3 amide bonds. The minimum absolute atomic E-state index is 0.0620. The summed E-state index contributed by atoms with van der Waals surface area (Å²) < 4.78 is 1.83. The molecule has 0 saturated carbocycles. The van der Waals surface area contributed by atoms with Crippen LogP contribution < -0.4 is 10.9 Å². The first-order valence-corrected chi connectivity index (χ1v) is 13.2. The Bertz CT molecular complexity index is 1240. The first kappa shape index (κ1) is 22.2. The number of hydrogen-bond donors (Lipinski definition) is 1. The SMILES string of the molecule is O=C1CNC(=O)N1CCCSc1nc2sc3c(c2c(=O)n1CCc1ccccc1)CCCC3. The Hall–Kier alpha value is -2.65. The van der Waals surface area contributed by atoms with Crippen LogP contribution in [0.1, 0.15) is 35.3 Å². The summed E-state index contributed by atoms with van der Waals surface area (Å²) in [7, 11) is 0. The van der Waals surface area contributed by atoms with E-state index < -0.39 is 0 Å². The highest BCUT2D eigenvalue weighted by atomic mass is 32.2. The van der Waals surface area contributed by atoms with Crippen molar-refractivity contribution in [2.24, 2.45) is 0 Å². The van der Waals surface area contributed by atoms with Gasteiger partial charge in [-0.3, -0.25) is 19.1 Å². The fourth-order valence-corrected chi connectivity index (χ4v) is 6.73. The number of nitrogens with one attached hydrogen (secondary N) is 1. The van der Waals surface area contributed by atoms with Crippen LogP contribution in [0.3, 0.4) is 0 Å². The van der Waals surface area contributed by atoms with Crippen molar-refractivity contribution in [3.8, 4) is 0 Å². The second-order valence-corrected chi connectivity index (χ2v) is 10.5. The van der Waals surface area contributed by atoms with Gasteiger partial charge in [0.05, 0.1) is 11.9 Å². The van der Waals surface area contributed by atoms with Crippen molar-refractivity contribution in [3.05, 3.63) is 56.7 Å². The van der Waals surface area contributed by atoms with Crippen LogP contribution in [-0.4, -0.2) is 45.2 Å². The number of rotatable bonds is 8. The number of aromatic nitrogens is 2. The molecule has 2 aromatic heterocycles.